The van der Waals surface area contributed by atoms with Gasteiger partial charge in [0.25, 0.3) is 0 Å². The lowest BCUT2D eigenvalue weighted by Gasteiger charge is -2.22. The Kier molecular flexibility index (Phi) is 3.94. The van der Waals surface area contributed by atoms with Crippen LogP contribution < -0.4 is 5.32 Å². The quantitative estimate of drug-likeness (QED) is 0.513. The predicted molar refractivity (Wildman–Crippen MR) is 88.7 cm³/mol. The third-order valence-corrected chi connectivity index (χ3v) is 4.81. The summed E-state index contributed by atoms with van der Waals surface area (Å²) >= 11 is 0. The fourth-order valence-corrected chi connectivity index (χ4v) is 3.47. The lowest BCUT2D eigenvalue weighted by Crippen LogP contribution is -2.28. The number of nitrogens with one attached hydrogen (secondary N) is 2. The van der Waals surface area contributed by atoms with Gasteiger partial charge in [-0.2, -0.15) is 0 Å². The summed E-state index contributed by atoms with van der Waals surface area (Å²) in [5, 5.41) is 3.04. The average molecular weight is 362 g/mol. The Morgan fingerprint density at radius 2 is 1.88 bits per heavy atom. The Hall–Kier alpha value is -2.83. The van der Waals surface area contributed by atoms with Gasteiger partial charge in [0.15, 0.2) is 17.5 Å². The van der Waals surface area contributed by atoms with E-state index in [-0.39, 0.29) is 5.82 Å². The molecule has 1 unspecified atom stereocenters. The van der Waals surface area contributed by atoms with Gasteiger partial charge in [-0.1, -0.05) is 0 Å². The van der Waals surface area contributed by atoms with Crippen LogP contribution in [0.2, 0.25) is 0 Å². The first-order valence-electron chi connectivity index (χ1n) is 8.17. The van der Waals surface area contributed by atoms with Gasteiger partial charge in [0.2, 0.25) is 5.91 Å². The zero-order valence-corrected chi connectivity index (χ0v) is 13.5. The van der Waals surface area contributed by atoms with Crippen molar-refractivity contribution in [3.8, 4) is 0 Å². The average Bonchev–Trinajstić information content (AvgIpc) is 2.99. The van der Waals surface area contributed by atoms with E-state index in [1.54, 1.807) is 6.07 Å². The second-order valence-corrected chi connectivity index (χ2v) is 6.42. The van der Waals surface area contributed by atoms with Gasteiger partial charge in [-0.05, 0) is 55.2 Å². The molecular weight excluding hydrogens is 348 g/mol. The summed E-state index contributed by atoms with van der Waals surface area (Å²) < 4.78 is 53.6. The highest BCUT2D eigenvalue weighted by Crippen LogP contribution is 2.33. The maximum absolute atomic E-state index is 13.8. The number of aryl methyl sites for hydroxylation is 1. The fraction of sp³-hybridized carbons (Fsp3) is 0.211. The van der Waals surface area contributed by atoms with E-state index in [1.165, 1.54) is 12.1 Å². The van der Waals surface area contributed by atoms with Crippen LogP contribution in [-0.4, -0.2) is 10.9 Å². The molecule has 0 saturated carbocycles. The summed E-state index contributed by atoms with van der Waals surface area (Å²) in [6.45, 7) is 0. The summed E-state index contributed by atoms with van der Waals surface area (Å²) in [4.78, 5) is 15.7. The number of amides is 1. The molecule has 0 aliphatic heterocycles. The molecule has 7 heteroatoms. The molecule has 3 aromatic rings. The summed E-state index contributed by atoms with van der Waals surface area (Å²) in [7, 11) is 0. The molecule has 0 bridgehead atoms. The van der Waals surface area contributed by atoms with Crippen LogP contribution in [0.3, 0.4) is 0 Å². The van der Waals surface area contributed by atoms with Crippen LogP contribution in [0.5, 0.6) is 0 Å². The van der Waals surface area contributed by atoms with Crippen molar-refractivity contribution in [1.82, 2.24) is 4.98 Å². The summed E-state index contributed by atoms with van der Waals surface area (Å²) in [6, 6.07) is 6.17. The summed E-state index contributed by atoms with van der Waals surface area (Å²) in [5.74, 6) is -5.69. The first-order chi connectivity index (χ1) is 12.4. The lowest BCUT2D eigenvalue weighted by atomic mass is 9.85. The van der Waals surface area contributed by atoms with Crippen molar-refractivity contribution in [3.05, 3.63) is 64.9 Å². The molecule has 0 radical (unpaired) electrons. The van der Waals surface area contributed by atoms with E-state index < -0.39 is 35.0 Å². The van der Waals surface area contributed by atoms with Crippen molar-refractivity contribution < 1.29 is 22.4 Å². The number of rotatable bonds is 2. The molecule has 2 N–H and O–H groups in total. The highest BCUT2D eigenvalue weighted by Gasteiger charge is 2.28. The summed E-state index contributed by atoms with van der Waals surface area (Å²) in [6.07, 6.45) is 1.46. The number of benzene rings is 2. The molecule has 4 rings (SSSR count). The minimum absolute atomic E-state index is 0.357. The third kappa shape index (κ3) is 2.73. The standard InChI is InChI=1S/C19H14F4N2O/c20-10-2-5-15-12(8-10)11-7-9(1-4-14(11)24-15)19(26)25-16-6-3-13(21)17(22)18(16)23/h2-3,5-6,8-9,24H,1,4,7H2,(H,25,26). The van der Waals surface area contributed by atoms with Crippen molar-refractivity contribution in [3.63, 3.8) is 0 Å². The van der Waals surface area contributed by atoms with E-state index in [1.807, 2.05) is 0 Å². The molecule has 3 nitrogen and oxygen atoms in total. The van der Waals surface area contributed by atoms with Gasteiger partial charge >= 0.3 is 0 Å². The molecule has 1 aliphatic rings. The van der Waals surface area contributed by atoms with Crippen molar-refractivity contribution >= 4 is 22.5 Å². The Morgan fingerprint density at radius 1 is 1.08 bits per heavy atom. The highest BCUT2D eigenvalue weighted by atomic mass is 19.2. The number of carbonyl (C=O) groups is 1. The number of hydrogen-bond acceptors (Lipinski definition) is 1. The van der Waals surface area contributed by atoms with Crippen LogP contribution in [0.25, 0.3) is 10.9 Å². The number of hydrogen-bond donors (Lipinski definition) is 2. The molecular formula is C19H14F4N2O. The fourth-order valence-electron chi connectivity index (χ4n) is 3.47. The molecule has 0 spiro atoms. The molecule has 0 fully saturated rings. The van der Waals surface area contributed by atoms with E-state index >= 15 is 0 Å². The topological polar surface area (TPSA) is 44.9 Å². The molecule has 1 aliphatic carbocycles. The van der Waals surface area contributed by atoms with Crippen LogP contribution in [0, 0.1) is 29.2 Å². The van der Waals surface area contributed by atoms with Gasteiger partial charge < -0.3 is 10.3 Å². The molecule has 1 aromatic heterocycles. The molecule has 1 heterocycles. The van der Waals surface area contributed by atoms with Gasteiger partial charge in [-0.15, -0.1) is 0 Å². The number of H-pyrrole nitrogens is 1. The smallest absolute Gasteiger partial charge is 0.227 e. The molecule has 2 aromatic carbocycles. The van der Waals surface area contributed by atoms with Crippen LogP contribution >= 0.6 is 0 Å². The molecule has 26 heavy (non-hydrogen) atoms. The second kappa shape index (κ2) is 6.16. The Bertz CT molecular complexity index is 1030. The number of carbonyl (C=O) groups excluding carboxylic acids is 1. The van der Waals surface area contributed by atoms with Crippen LogP contribution in [0.1, 0.15) is 17.7 Å². The third-order valence-electron chi connectivity index (χ3n) is 4.81. The minimum atomic E-state index is -1.62. The Morgan fingerprint density at radius 3 is 2.69 bits per heavy atom. The number of fused-ring (bicyclic) bond motifs is 3. The van der Waals surface area contributed by atoms with Crippen LogP contribution in [-0.2, 0) is 17.6 Å². The van der Waals surface area contributed by atoms with E-state index in [4.69, 9.17) is 0 Å². The first-order valence-corrected chi connectivity index (χ1v) is 8.17. The SMILES string of the molecule is O=C(Nc1ccc(F)c(F)c1F)C1CCc2[nH]c3ccc(F)cc3c2C1. The van der Waals surface area contributed by atoms with E-state index in [0.29, 0.717) is 19.3 Å². The van der Waals surface area contributed by atoms with E-state index in [2.05, 4.69) is 10.3 Å². The number of aromatic nitrogens is 1. The molecule has 0 saturated heterocycles. The molecule has 134 valence electrons. The number of anilines is 1. The zero-order chi connectivity index (χ0) is 18.4. The normalized spacial score (nSPS) is 16.5. The molecule has 1 amide bonds. The monoisotopic (exact) mass is 362 g/mol. The molecule has 1 atom stereocenters. The van der Waals surface area contributed by atoms with Gasteiger partial charge in [0.1, 0.15) is 5.82 Å². The lowest BCUT2D eigenvalue weighted by molar-refractivity contribution is -0.120. The van der Waals surface area contributed by atoms with Gasteiger partial charge in [0, 0.05) is 22.5 Å². The van der Waals surface area contributed by atoms with Gasteiger partial charge in [-0.25, -0.2) is 17.6 Å². The van der Waals surface area contributed by atoms with Crippen molar-refractivity contribution in [2.24, 2.45) is 5.92 Å². The largest absolute Gasteiger partial charge is 0.358 e. The van der Waals surface area contributed by atoms with Gasteiger partial charge in [0.05, 0.1) is 5.69 Å². The van der Waals surface area contributed by atoms with Crippen LogP contribution in [0.4, 0.5) is 23.2 Å². The van der Waals surface area contributed by atoms with E-state index in [0.717, 1.165) is 34.3 Å². The predicted octanol–water partition coefficient (Wildman–Crippen LogP) is 4.47. The highest BCUT2D eigenvalue weighted by molar-refractivity contribution is 5.94. The Balaban J connectivity index is 1.59. The number of halogens is 4. The van der Waals surface area contributed by atoms with Crippen molar-refractivity contribution in [2.75, 3.05) is 5.32 Å². The van der Waals surface area contributed by atoms with Crippen molar-refractivity contribution in [2.45, 2.75) is 19.3 Å². The maximum Gasteiger partial charge on any atom is 0.227 e. The van der Waals surface area contributed by atoms with Crippen molar-refractivity contribution in [1.29, 1.82) is 0 Å². The first kappa shape index (κ1) is 16.6. The zero-order valence-electron chi connectivity index (χ0n) is 13.5. The van der Waals surface area contributed by atoms with E-state index in [9.17, 15) is 22.4 Å². The van der Waals surface area contributed by atoms with Gasteiger partial charge in [-0.3, -0.25) is 4.79 Å². The summed E-state index contributed by atoms with van der Waals surface area (Å²) in [5.41, 5.74) is 2.21. The Labute approximate surface area is 146 Å². The minimum Gasteiger partial charge on any atom is -0.358 e. The maximum atomic E-state index is 13.8. The van der Waals surface area contributed by atoms with Crippen LogP contribution in [0.15, 0.2) is 30.3 Å². The number of aromatic amines is 1. The second-order valence-electron chi connectivity index (χ2n) is 6.42.